The number of aromatic amines is 1. The fourth-order valence-corrected chi connectivity index (χ4v) is 4.88. The first kappa shape index (κ1) is 23.7. The van der Waals surface area contributed by atoms with Gasteiger partial charge in [-0.05, 0) is 56.7 Å². The second-order valence-corrected chi connectivity index (χ2v) is 11.2. The fraction of sp³-hybridized carbons (Fsp3) is 0.222. The molecule has 36 heavy (non-hydrogen) atoms. The van der Waals surface area contributed by atoms with Crippen LogP contribution in [0.3, 0.4) is 0 Å². The number of carbonyl (C=O) groups is 1. The van der Waals surface area contributed by atoms with Crippen LogP contribution in [-0.4, -0.2) is 43.0 Å². The second kappa shape index (κ2) is 8.30. The number of ether oxygens (including phenoxy) is 2. The van der Waals surface area contributed by atoms with Crippen molar-refractivity contribution in [1.82, 2.24) is 9.55 Å². The largest absolute Gasteiger partial charge is 0.497 e. The smallest absolute Gasteiger partial charge is 0.419 e. The van der Waals surface area contributed by atoms with E-state index in [1.807, 2.05) is 63.2 Å². The van der Waals surface area contributed by atoms with Gasteiger partial charge in [0.1, 0.15) is 11.4 Å². The van der Waals surface area contributed by atoms with Crippen molar-refractivity contribution in [2.75, 3.05) is 13.4 Å². The van der Waals surface area contributed by atoms with Gasteiger partial charge in [0, 0.05) is 33.4 Å². The zero-order valence-electron chi connectivity index (χ0n) is 20.6. The Morgan fingerprint density at radius 2 is 1.72 bits per heavy atom. The van der Waals surface area contributed by atoms with Gasteiger partial charge in [0.2, 0.25) is 0 Å². The third-order valence-electron chi connectivity index (χ3n) is 5.76. The quantitative estimate of drug-likeness (QED) is 0.297. The average molecular weight is 507 g/mol. The minimum Gasteiger partial charge on any atom is -0.497 e. The molecule has 0 bridgehead atoms. The zero-order valence-corrected chi connectivity index (χ0v) is 21.4. The Balaban J connectivity index is 1.85. The van der Waals surface area contributed by atoms with Crippen LogP contribution < -0.4 is 8.92 Å². The molecule has 0 radical (unpaired) electrons. The number of rotatable bonds is 4. The maximum Gasteiger partial charge on any atom is 0.419 e. The van der Waals surface area contributed by atoms with E-state index in [4.69, 9.17) is 13.7 Å². The van der Waals surface area contributed by atoms with E-state index in [0.717, 1.165) is 39.1 Å². The number of aromatic nitrogens is 2. The molecule has 2 heterocycles. The van der Waals surface area contributed by atoms with Gasteiger partial charge in [-0.2, -0.15) is 8.42 Å². The molecule has 0 aliphatic carbocycles. The first-order chi connectivity index (χ1) is 16.9. The molecule has 0 unspecified atom stereocenters. The third-order valence-corrected chi connectivity index (χ3v) is 6.24. The fourth-order valence-electron chi connectivity index (χ4n) is 4.42. The van der Waals surface area contributed by atoms with Crippen LogP contribution in [-0.2, 0) is 14.9 Å². The van der Waals surface area contributed by atoms with E-state index in [9.17, 15) is 13.2 Å². The molecule has 0 amide bonds. The summed E-state index contributed by atoms with van der Waals surface area (Å²) >= 11 is 0. The number of para-hydroxylation sites is 1. The van der Waals surface area contributed by atoms with Gasteiger partial charge in [0.15, 0.2) is 5.75 Å². The number of carbonyl (C=O) groups excluding carboxylic acids is 1. The van der Waals surface area contributed by atoms with E-state index in [2.05, 4.69) is 4.98 Å². The number of nitrogens with zero attached hydrogens (tertiary/aromatic N) is 1. The lowest BCUT2D eigenvalue weighted by Gasteiger charge is -2.20. The molecule has 1 N–H and O–H groups in total. The minimum absolute atomic E-state index is 0.205. The van der Waals surface area contributed by atoms with Crippen molar-refractivity contribution in [2.24, 2.45) is 0 Å². The standard InChI is InChI=1S/C27H26N2O6S/c1-27(2,3)34-26(30)29-14-13-19-23-18-7-6-8-22(35-36(5,31)32)24(18)28-21(23)15-20(25(19)29)16-9-11-17(33-4)12-10-16/h6-15,28H,1-5H3. The number of fused-ring (bicyclic) bond motifs is 5. The lowest BCUT2D eigenvalue weighted by Crippen LogP contribution is -2.26. The highest BCUT2D eigenvalue weighted by Gasteiger charge is 2.24. The van der Waals surface area contributed by atoms with Crippen molar-refractivity contribution >= 4 is 48.9 Å². The summed E-state index contributed by atoms with van der Waals surface area (Å²) in [6.07, 6.45) is 2.21. The van der Waals surface area contributed by atoms with Crippen LogP contribution in [0.25, 0.3) is 43.8 Å². The summed E-state index contributed by atoms with van der Waals surface area (Å²) in [7, 11) is -2.12. The highest BCUT2D eigenvalue weighted by molar-refractivity contribution is 7.86. The van der Waals surface area contributed by atoms with Gasteiger partial charge in [-0.1, -0.05) is 24.3 Å². The molecular weight excluding hydrogens is 480 g/mol. The highest BCUT2D eigenvalue weighted by atomic mass is 32.2. The third kappa shape index (κ3) is 4.26. The van der Waals surface area contributed by atoms with Crippen molar-refractivity contribution in [3.05, 3.63) is 60.8 Å². The van der Waals surface area contributed by atoms with Crippen molar-refractivity contribution in [1.29, 1.82) is 0 Å². The molecule has 5 rings (SSSR count). The molecular formula is C27H26N2O6S. The van der Waals surface area contributed by atoms with E-state index in [-0.39, 0.29) is 5.75 Å². The van der Waals surface area contributed by atoms with E-state index >= 15 is 0 Å². The maximum absolute atomic E-state index is 13.2. The van der Waals surface area contributed by atoms with Gasteiger partial charge >= 0.3 is 16.2 Å². The van der Waals surface area contributed by atoms with Crippen LogP contribution in [0, 0.1) is 0 Å². The van der Waals surface area contributed by atoms with Gasteiger partial charge in [-0.25, -0.2) is 4.79 Å². The number of H-pyrrole nitrogens is 1. The normalized spacial score (nSPS) is 12.4. The van der Waals surface area contributed by atoms with E-state index in [0.29, 0.717) is 16.8 Å². The topological polar surface area (TPSA) is 99.6 Å². The molecule has 186 valence electrons. The Kier molecular flexibility index (Phi) is 5.48. The Bertz CT molecular complexity index is 1740. The van der Waals surface area contributed by atoms with Gasteiger partial charge < -0.3 is 18.6 Å². The van der Waals surface area contributed by atoms with Crippen molar-refractivity contribution < 1.29 is 26.9 Å². The molecule has 9 heteroatoms. The molecule has 2 aromatic heterocycles. The summed E-state index contributed by atoms with van der Waals surface area (Å²) in [5.41, 5.74) is 3.00. The number of nitrogens with one attached hydrogen (secondary N) is 1. The minimum atomic E-state index is -3.73. The van der Waals surface area contributed by atoms with E-state index < -0.39 is 21.8 Å². The molecule has 0 atom stereocenters. The van der Waals surface area contributed by atoms with Crippen LogP contribution in [0.2, 0.25) is 0 Å². The van der Waals surface area contributed by atoms with Crippen LogP contribution in [0.5, 0.6) is 11.5 Å². The van der Waals surface area contributed by atoms with Crippen LogP contribution in [0.15, 0.2) is 60.8 Å². The number of methoxy groups -OCH3 is 1. The summed E-state index contributed by atoms with van der Waals surface area (Å²) in [5, 5.41) is 2.44. The number of hydrogen-bond donors (Lipinski definition) is 1. The SMILES string of the molecule is COc1ccc(-c2cc3[nH]c4c(OS(C)(=O)=O)cccc4c3c3ccn(C(=O)OC(C)(C)C)c23)cc1. The lowest BCUT2D eigenvalue weighted by atomic mass is 9.99. The Hall–Kier alpha value is -3.98. The molecule has 3 aromatic carbocycles. The molecule has 0 aliphatic rings. The summed E-state index contributed by atoms with van der Waals surface area (Å²) < 4.78 is 41.5. The first-order valence-electron chi connectivity index (χ1n) is 11.3. The predicted octanol–water partition coefficient (Wildman–Crippen LogP) is 6.07. The predicted molar refractivity (Wildman–Crippen MR) is 140 cm³/mol. The van der Waals surface area contributed by atoms with Gasteiger partial charge in [-0.15, -0.1) is 0 Å². The van der Waals surface area contributed by atoms with Crippen LogP contribution in [0.1, 0.15) is 20.8 Å². The molecule has 0 fully saturated rings. The van der Waals surface area contributed by atoms with Gasteiger partial charge in [-0.3, -0.25) is 4.57 Å². The zero-order chi connectivity index (χ0) is 25.8. The van der Waals surface area contributed by atoms with Crippen LogP contribution in [0.4, 0.5) is 4.79 Å². The van der Waals surface area contributed by atoms with Gasteiger partial charge in [0.05, 0.1) is 24.4 Å². The molecule has 8 nitrogen and oxygen atoms in total. The second-order valence-electron chi connectivity index (χ2n) is 9.59. The molecule has 5 aromatic rings. The molecule has 0 saturated carbocycles. The van der Waals surface area contributed by atoms with Crippen molar-refractivity contribution in [3.63, 3.8) is 0 Å². The van der Waals surface area contributed by atoms with Crippen LogP contribution >= 0.6 is 0 Å². The summed E-state index contributed by atoms with van der Waals surface area (Å²) in [4.78, 5) is 16.5. The van der Waals surface area contributed by atoms with Gasteiger partial charge in [0.25, 0.3) is 0 Å². The Morgan fingerprint density at radius 1 is 1.00 bits per heavy atom. The molecule has 0 spiro atoms. The average Bonchev–Trinajstić information content (AvgIpc) is 3.39. The molecule has 0 saturated heterocycles. The first-order valence-corrected chi connectivity index (χ1v) is 13.1. The highest BCUT2D eigenvalue weighted by Crippen LogP contribution is 2.41. The van der Waals surface area contributed by atoms with Crippen molar-refractivity contribution in [3.8, 4) is 22.6 Å². The molecule has 0 aliphatic heterocycles. The van der Waals surface area contributed by atoms with E-state index in [1.165, 1.54) is 4.57 Å². The summed E-state index contributed by atoms with van der Waals surface area (Å²) in [6.45, 7) is 5.46. The van der Waals surface area contributed by atoms with E-state index in [1.54, 1.807) is 25.4 Å². The van der Waals surface area contributed by atoms with Crippen molar-refractivity contribution in [2.45, 2.75) is 26.4 Å². The summed E-state index contributed by atoms with van der Waals surface area (Å²) in [5.74, 6) is 0.920. The monoisotopic (exact) mass is 506 g/mol. The number of hydrogen-bond acceptors (Lipinski definition) is 6. The lowest BCUT2D eigenvalue weighted by molar-refractivity contribution is 0.0544. The summed E-state index contributed by atoms with van der Waals surface area (Å²) in [6, 6.07) is 16.6. The Labute approximate surface area is 208 Å². The Morgan fingerprint density at radius 3 is 2.36 bits per heavy atom. The number of benzene rings is 3. The maximum atomic E-state index is 13.2.